The average molecular weight is 473 g/mol. The number of ether oxygens (including phenoxy) is 3. The van der Waals surface area contributed by atoms with Gasteiger partial charge >= 0.3 is 5.97 Å². The Bertz CT molecular complexity index is 996. The fraction of sp³-hybridized carbons (Fsp3) is 0.417. The summed E-state index contributed by atoms with van der Waals surface area (Å²) in [6.07, 6.45) is -1.43. The fourth-order valence-electron chi connectivity index (χ4n) is 4.15. The molecule has 2 heterocycles. The highest BCUT2D eigenvalue weighted by Crippen LogP contribution is 2.47. The van der Waals surface area contributed by atoms with Gasteiger partial charge in [-0.1, -0.05) is 30.0 Å². The van der Waals surface area contributed by atoms with Gasteiger partial charge in [0.05, 0.1) is 25.5 Å². The van der Waals surface area contributed by atoms with Crippen LogP contribution in [0.5, 0.6) is 11.5 Å². The van der Waals surface area contributed by atoms with E-state index in [9.17, 15) is 14.7 Å². The number of methoxy groups -OCH3 is 2. The first-order valence-electron chi connectivity index (χ1n) is 10.8. The second kappa shape index (κ2) is 9.93. The summed E-state index contributed by atoms with van der Waals surface area (Å²) in [6.45, 7) is 2.33. The third-order valence-electron chi connectivity index (χ3n) is 6.08. The van der Waals surface area contributed by atoms with Crippen LogP contribution >= 0.6 is 11.8 Å². The number of benzene rings is 2. The lowest BCUT2D eigenvalue weighted by molar-refractivity contribution is -0.151. The predicted octanol–water partition coefficient (Wildman–Crippen LogP) is 2.19. The van der Waals surface area contributed by atoms with Crippen molar-refractivity contribution in [2.45, 2.75) is 22.2 Å². The van der Waals surface area contributed by atoms with E-state index in [1.807, 2.05) is 30.3 Å². The molecular weight excluding hydrogens is 444 g/mol. The van der Waals surface area contributed by atoms with Crippen molar-refractivity contribution in [3.05, 3.63) is 48.5 Å². The van der Waals surface area contributed by atoms with Crippen LogP contribution in [0.3, 0.4) is 0 Å². The summed E-state index contributed by atoms with van der Waals surface area (Å²) < 4.78 is 14.6. The number of piperazine rings is 1. The summed E-state index contributed by atoms with van der Waals surface area (Å²) in [5, 5.41) is 11.0. The zero-order valence-electron chi connectivity index (χ0n) is 18.7. The van der Waals surface area contributed by atoms with Gasteiger partial charge in [0.25, 0.3) is 0 Å². The molecule has 2 aromatic rings. The molecule has 1 fully saturated rings. The number of fused-ring (bicyclic) bond motifs is 1. The minimum Gasteiger partial charge on any atom is -0.497 e. The van der Waals surface area contributed by atoms with E-state index < -0.39 is 16.8 Å². The first-order chi connectivity index (χ1) is 16.0. The second-order valence-electron chi connectivity index (χ2n) is 8.00. The number of carbonyl (C=O) groups is 2. The molecule has 2 aliphatic rings. The van der Waals surface area contributed by atoms with Gasteiger partial charge in [-0.3, -0.25) is 9.59 Å². The van der Waals surface area contributed by atoms with Crippen molar-refractivity contribution in [3.63, 3.8) is 0 Å². The third-order valence-corrected chi connectivity index (χ3v) is 7.56. The van der Waals surface area contributed by atoms with Gasteiger partial charge in [0.15, 0.2) is 4.75 Å². The molecule has 1 amide bonds. The van der Waals surface area contributed by atoms with Gasteiger partial charge in [-0.05, 0) is 30.3 Å². The standard InChI is InChI=1S/C24H28N2O6S/c1-30-18-8-9-19-20(14-18)33-24(23(29)31-2,21(27)16-32-19)15-22(28)26-12-10-25(11-13-26)17-6-4-3-5-7-17/h3-9,14,21,27H,10-13,15-16H2,1-2H3. The number of aliphatic hydroxyl groups excluding tert-OH is 1. The summed E-state index contributed by atoms with van der Waals surface area (Å²) in [7, 11) is 2.81. The Morgan fingerprint density at radius 1 is 1.12 bits per heavy atom. The van der Waals surface area contributed by atoms with E-state index in [2.05, 4.69) is 4.90 Å². The molecule has 0 saturated carbocycles. The number of thioether (sulfide) groups is 1. The molecule has 8 nitrogen and oxygen atoms in total. The van der Waals surface area contributed by atoms with Crippen molar-refractivity contribution in [1.29, 1.82) is 0 Å². The summed E-state index contributed by atoms with van der Waals surface area (Å²) in [5.74, 6) is 0.250. The Kier molecular flexibility index (Phi) is 6.99. The zero-order chi connectivity index (χ0) is 23.4. The molecule has 0 radical (unpaired) electrons. The van der Waals surface area contributed by atoms with E-state index in [-0.39, 0.29) is 18.9 Å². The molecule has 1 saturated heterocycles. The first kappa shape index (κ1) is 23.3. The van der Waals surface area contributed by atoms with E-state index in [0.29, 0.717) is 42.6 Å². The van der Waals surface area contributed by atoms with E-state index in [1.165, 1.54) is 7.11 Å². The maximum absolute atomic E-state index is 13.3. The number of amides is 1. The lowest BCUT2D eigenvalue weighted by atomic mass is 9.96. The summed E-state index contributed by atoms with van der Waals surface area (Å²) in [4.78, 5) is 30.9. The molecule has 176 valence electrons. The summed E-state index contributed by atoms with van der Waals surface area (Å²) in [5.41, 5.74) is 1.12. The van der Waals surface area contributed by atoms with Crippen molar-refractivity contribution in [2.24, 2.45) is 0 Å². The van der Waals surface area contributed by atoms with Crippen LogP contribution in [0.25, 0.3) is 0 Å². The van der Waals surface area contributed by atoms with Gasteiger partial charge in [-0.15, -0.1) is 0 Å². The number of para-hydroxylation sites is 1. The molecule has 0 bridgehead atoms. The third kappa shape index (κ3) is 4.74. The lowest BCUT2D eigenvalue weighted by Crippen LogP contribution is -2.55. The number of rotatable bonds is 5. The molecular formula is C24H28N2O6S. The number of esters is 1. The van der Waals surface area contributed by atoms with Gasteiger partial charge < -0.3 is 29.1 Å². The molecule has 0 aliphatic carbocycles. The van der Waals surface area contributed by atoms with E-state index in [1.54, 1.807) is 30.2 Å². The number of carbonyl (C=O) groups excluding carboxylic acids is 2. The quantitative estimate of drug-likeness (QED) is 0.663. The number of nitrogens with zero attached hydrogens (tertiary/aromatic N) is 2. The minimum absolute atomic E-state index is 0.128. The Morgan fingerprint density at radius 3 is 2.52 bits per heavy atom. The molecule has 9 heteroatoms. The van der Waals surface area contributed by atoms with Crippen molar-refractivity contribution >= 4 is 29.3 Å². The minimum atomic E-state index is -1.53. The van der Waals surface area contributed by atoms with Crippen molar-refractivity contribution < 1.29 is 28.9 Å². The van der Waals surface area contributed by atoms with Crippen LogP contribution in [-0.2, 0) is 14.3 Å². The molecule has 0 aromatic heterocycles. The van der Waals surface area contributed by atoms with Gasteiger partial charge in [-0.2, -0.15) is 0 Å². The second-order valence-corrected chi connectivity index (χ2v) is 9.38. The number of aliphatic hydroxyl groups is 1. The number of anilines is 1. The highest BCUT2D eigenvalue weighted by atomic mass is 32.2. The Morgan fingerprint density at radius 2 is 1.85 bits per heavy atom. The van der Waals surface area contributed by atoms with Crippen LogP contribution in [0.1, 0.15) is 6.42 Å². The monoisotopic (exact) mass is 472 g/mol. The average Bonchev–Trinajstić information content (AvgIpc) is 3.00. The van der Waals surface area contributed by atoms with Crippen molar-refractivity contribution in [2.75, 3.05) is 51.9 Å². The van der Waals surface area contributed by atoms with Crippen LogP contribution in [-0.4, -0.2) is 79.7 Å². The lowest BCUT2D eigenvalue weighted by Gasteiger charge is -2.38. The topological polar surface area (TPSA) is 88.5 Å². The maximum atomic E-state index is 13.3. The Balaban J connectivity index is 1.53. The fourth-order valence-corrected chi connectivity index (χ4v) is 5.51. The highest BCUT2D eigenvalue weighted by molar-refractivity contribution is 8.01. The van der Waals surface area contributed by atoms with E-state index in [4.69, 9.17) is 14.2 Å². The van der Waals surface area contributed by atoms with Gasteiger partial charge in [0, 0.05) is 31.9 Å². The maximum Gasteiger partial charge on any atom is 0.325 e. The molecule has 1 N–H and O–H groups in total. The predicted molar refractivity (Wildman–Crippen MR) is 125 cm³/mol. The largest absolute Gasteiger partial charge is 0.497 e. The normalized spacial score (nSPS) is 22.6. The van der Waals surface area contributed by atoms with E-state index in [0.717, 1.165) is 17.4 Å². The Hall–Kier alpha value is -2.91. The number of hydrogen-bond donors (Lipinski definition) is 1. The van der Waals surface area contributed by atoms with Crippen LogP contribution in [0.2, 0.25) is 0 Å². The molecule has 2 aromatic carbocycles. The van der Waals surface area contributed by atoms with Gasteiger partial charge in [-0.25, -0.2) is 0 Å². The van der Waals surface area contributed by atoms with Crippen LogP contribution in [0.4, 0.5) is 5.69 Å². The van der Waals surface area contributed by atoms with Crippen LogP contribution in [0.15, 0.2) is 53.4 Å². The highest BCUT2D eigenvalue weighted by Gasteiger charge is 2.52. The summed E-state index contributed by atoms with van der Waals surface area (Å²) in [6, 6.07) is 15.3. The molecule has 2 aliphatic heterocycles. The molecule has 33 heavy (non-hydrogen) atoms. The first-order valence-corrected chi connectivity index (χ1v) is 11.6. The molecule has 2 atom stereocenters. The molecule has 4 rings (SSSR count). The Labute approximate surface area is 197 Å². The van der Waals surface area contributed by atoms with Crippen LogP contribution in [0, 0.1) is 0 Å². The van der Waals surface area contributed by atoms with Crippen molar-refractivity contribution in [1.82, 2.24) is 4.90 Å². The summed E-state index contributed by atoms with van der Waals surface area (Å²) >= 11 is 1.10. The van der Waals surface area contributed by atoms with Crippen LogP contribution < -0.4 is 14.4 Å². The molecule has 0 spiro atoms. The molecule has 2 unspecified atom stereocenters. The SMILES string of the molecule is COC(=O)C1(CC(=O)N2CCN(c3ccccc3)CC2)Sc2cc(OC)ccc2OCC1O. The zero-order valence-corrected chi connectivity index (χ0v) is 19.5. The van der Waals surface area contributed by atoms with Crippen molar-refractivity contribution in [3.8, 4) is 11.5 Å². The van der Waals surface area contributed by atoms with E-state index >= 15 is 0 Å². The number of hydrogen-bond acceptors (Lipinski definition) is 8. The van der Waals surface area contributed by atoms with Gasteiger partial charge in [0.1, 0.15) is 24.2 Å². The van der Waals surface area contributed by atoms with Gasteiger partial charge in [0.2, 0.25) is 5.91 Å². The smallest absolute Gasteiger partial charge is 0.325 e.